The summed E-state index contributed by atoms with van der Waals surface area (Å²) in [6.07, 6.45) is 2.78. The molecule has 0 aromatic carbocycles. The number of pyridine rings is 1. The molecule has 11 heteroatoms. The lowest BCUT2D eigenvalue weighted by atomic mass is 10.2. The lowest BCUT2D eigenvalue weighted by Crippen LogP contribution is -2.31. The Kier molecular flexibility index (Phi) is 5.65. The normalized spacial score (nSPS) is 15.2. The number of nitrogens with two attached hydrogens (primary N) is 1. The van der Waals surface area contributed by atoms with E-state index in [1.165, 1.54) is 11.6 Å². The molecule has 4 aromatic heterocycles. The van der Waals surface area contributed by atoms with Gasteiger partial charge in [0.05, 0.1) is 12.5 Å². The first-order valence-corrected chi connectivity index (χ1v) is 11.1. The zero-order valence-electron chi connectivity index (χ0n) is 18.8. The van der Waals surface area contributed by atoms with E-state index >= 15 is 0 Å². The highest BCUT2D eigenvalue weighted by molar-refractivity contribution is 6.03. The number of aromatic nitrogens is 6. The van der Waals surface area contributed by atoms with Gasteiger partial charge in [-0.25, -0.2) is 9.78 Å². The van der Waals surface area contributed by atoms with E-state index in [1.807, 2.05) is 29.7 Å². The van der Waals surface area contributed by atoms with Crippen molar-refractivity contribution in [2.45, 2.75) is 19.9 Å². The monoisotopic (exact) mass is 449 g/mol. The Morgan fingerprint density at radius 2 is 2.06 bits per heavy atom. The molecule has 3 N–H and O–H groups in total. The van der Waals surface area contributed by atoms with E-state index in [9.17, 15) is 4.79 Å². The molecule has 1 aliphatic heterocycles. The van der Waals surface area contributed by atoms with Gasteiger partial charge in [-0.2, -0.15) is 9.50 Å². The van der Waals surface area contributed by atoms with E-state index < -0.39 is 5.97 Å². The highest BCUT2D eigenvalue weighted by Gasteiger charge is 2.26. The van der Waals surface area contributed by atoms with Crippen LogP contribution in [0.3, 0.4) is 0 Å². The number of methoxy groups -OCH3 is 1. The molecular weight excluding hydrogens is 422 g/mol. The standard InChI is InChI=1S/C22H27N9O2/c1-14-16-19(27-22(23)31-20(16)26-18(28-31)15-6-3-4-8-25-15)30(17(14)21(32)33-2)13-12-29-10-5-7-24-9-11-29/h3-4,6,8,24H,5,7,9-13H2,1-2H3,(H2,23,27). The number of nitrogen functional groups attached to an aromatic ring is 1. The SMILES string of the molecule is COC(=O)c1c(C)c2c(nc(N)n3nc(-c4ccccn4)nc23)n1CCN1CCCNCC1. The highest BCUT2D eigenvalue weighted by atomic mass is 16.5. The van der Waals surface area contributed by atoms with Gasteiger partial charge < -0.3 is 25.3 Å². The van der Waals surface area contributed by atoms with Crippen molar-refractivity contribution in [3.8, 4) is 11.5 Å². The summed E-state index contributed by atoms with van der Waals surface area (Å²) in [7, 11) is 1.39. The van der Waals surface area contributed by atoms with Gasteiger partial charge in [0.25, 0.3) is 0 Å². The van der Waals surface area contributed by atoms with Gasteiger partial charge >= 0.3 is 5.97 Å². The molecule has 1 fully saturated rings. The smallest absolute Gasteiger partial charge is 0.355 e. The number of nitrogens with zero attached hydrogens (tertiary/aromatic N) is 7. The van der Waals surface area contributed by atoms with Crippen molar-refractivity contribution in [3.63, 3.8) is 0 Å². The number of carbonyl (C=O) groups excluding carboxylic acids is 1. The van der Waals surface area contributed by atoms with E-state index in [-0.39, 0.29) is 5.95 Å². The lowest BCUT2D eigenvalue weighted by molar-refractivity contribution is 0.0587. The summed E-state index contributed by atoms with van der Waals surface area (Å²) >= 11 is 0. The van der Waals surface area contributed by atoms with E-state index in [2.05, 4.69) is 25.3 Å². The first kappa shape index (κ1) is 21.3. The largest absolute Gasteiger partial charge is 0.464 e. The van der Waals surface area contributed by atoms with Gasteiger partial charge in [-0.3, -0.25) is 4.98 Å². The van der Waals surface area contributed by atoms with E-state index in [4.69, 9.17) is 15.5 Å². The third-order valence-electron chi connectivity index (χ3n) is 6.09. The number of anilines is 1. The zero-order chi connectivity index (χ0) is 22.9. The molecule has 172 valence electrons. The second kappa shape index (κ2) is 8.75. The molecule has 0 bridgehead atoms. The van der Waals surface area contributed by atoms with Crippen LogP contribution in [-0.2, 0) is 11.3 Å². The molecule has 5 rings (SSSR count). The Bertz CT molecular complexity index is 1300. The summed E-state index contributed by atoms with van der Waals surface area (Å²) in [5.41, 5.74) is 9.27. The van der Waals surface area contributed by atoms with Crippen molar-refractivity contribution in [2.24, 2.45) is 0 Å². The second-order valence-electron chi connectivity index (χ2n) is 8.12. The molecule has 0 spiro atoms. The Morgan fingerprint density at radius 1 is 1.18 bits per heavy atom. The molecule has 0 atom stereocenters. The van der Waals surface area contributed by atoms with Crippen LogP contribution in [0.4, 0.5) is 5.95 Å². The molecule has 1 aliphatic rings. The first-order chi connectivity index (χ1) is 16.1. The van der Waals surface area contributed by atoms with Gasteiger partial charge in [0, 0.05) is 32.4 Å². The maximum absolute atomic E-state index is 12.8. The van der Waals surface area contributed by atoms with Crippen molar-refractivity contribution in [3.05, 3.63) is 35.7 Å². The number of esters is 1. The minimum Gasteiger partial charge on any atom is -0.464 e. The fraction of sp³-hybridized carbons (Fsp3) is 0.409. The average Bonchev–Trinajstić information content (AvgIpc) is 3.27. The second-order valence-corrected chi connectivity index (χ2v) is 8.12. The van der Waals surface area contributed by atoms with Crippen LogP contribution in [0.1, 0.15) is 22.5 Å². The molecular formula is C22H27N9O2. The number of hydrogen-bond acceptors (Lipinski definition) is 9. The number of hydrogen-bond donors (Lipinski definition) is 2. The Morgan fingerprint density at radius 3 is 2.85 bits per heavy atom. The molecule has 0 unspecified atom stereocenters. The number of fused-ring (bicyclic) bond motifs is 3. The van der Waals surface area contributed by atoms with Crippen LogP contribution in [0.15, 0.2) is 24.4 Å². The van der Waals surface area contributed by atoms with Crippen molar-refractivity contribution in [1.29, 1.82) is 0 Å². The van der Waals surface area contributed by atoms with E-state index in [0.29, 0.717) is 35.1 Å². The molecule has 0 saturated carbocycles. The van der Waals surface area contributed by atoms with Gasteiger partial charge in [0.15, 0.2) is 5.65 Å². The molecule has 1 saturated heterocycles. The Labute approximate surface area is 190 Å². The minimum absolute atomic E-state index is 0.196. The number of nitrogens with one attached hydrogen (secondary N) is 1. The Hall–Kier alpha value is -3.57. The third-order valence-corrected chi connectivity index (χ3v) is 6.09. The van der Waals surface area contributed by atoms with Crippen molar-refractivity contribution in [1.82, 2.24) is 39.3 Å². The van der Waals surface area contributed by atoms with Crippen LogP contribution in [0.25, 0.3) is 28.2 Å². The maximum Gasteiger partial charge on any atom is 0.355 e. The quantitative estimate of drug-likeness (QED) is 0.431. The fourth-order valence-electron chi connectivity index (χ4n) is 4.45. The molecule has 0 aliphatic carbocycles. The summed E-state index contributed by atoms with van der Waals surface area (Å²) in [6.45, 7) is 7.20. The summed E-state index contributed by atoms with van der Waals surface area (Å²) in [5, 5.41) is 8.67. The van der Waals surface area contributed by atoms with Gasteiger partial charge in [0.2, 0.25) is 11.8 Å². The van der Waals surface area contributed by atoms with E-state index in [1.54, 1.807) is 6.20 Å². The maximum atomic E-state index is 12.8. The molecule has 33 heavy (non-hydrogen) atoms. The minimum atomic E-state index is -0.413. The molecule has 0 radical (unpaired) electrons. The van der Waals surface area contributed by atoms with Gasteiger partial charge in [0.1, 0.15) is 17.0 Å². The van der Waals surface area contributed by atoms with Crippen LogP contribution < -0.4 is 11.1 Å². The van der Waals surface area contributed by atoms with Crippen molar-refractivity contribution < 1.29 is 9.53 Å². The number of rotatable bonds is 5. The van der Waals surface area contributed by atoms with Crippen LogP contribution in [0, 0.1) is 6.92 Å². The Balaban J connectivity index is 1.65. The number of ether oxygens (including phenoxy) is 1. The van der Waals surface area contributed by atoms with Crippen LogP contribution in [0.2, 0.25) is 0 Å². The van der Waals surface area contributed by atoms with Crippen LogP contribution in [-0.4, -0.2) is 79.8 Å². The van der Waals surface area contributed by atoms with Crippen molar-refractivity contribution >= 4 is 28.6 Å². The zero-order valence-corrected chi connectivity index (χ0v) is 18.8. The van der Waals surface area contributed by atoms with E-state index in [0.717, 1.165) is 50.1 Å². The number of aryl methyl sites for hydroxylation is 1. The predicted molar refractivity (Wildman–Crippen MR) is 124 cm³/mol. The van der Waals surface area contributed by atoms with Crippen LogP contribution >= 0.6 is 0 Å². The van der Waals surface area contributed by atoms with Crippen molar-refractivity contribution in [2.75, 3.05) is 45.6 Å². The van der Waals surface area contributed by atoms with Crippen LogP contribution in [0.5, 0.6) is 0 Å². The molecule has 4 aromatic rings. The lowest BCUT2D eigenvalue weighted by Gasteiger charge is -2.20. The molecule has 0 amide bonds. The summed E-state index contributed by atoms with van der Waals surface area (Å²) in [6, 6.07) is 5.55. The van der Waals surface area contributed by atoms with Gasteiger partial charge in [-0.1, -0.05) is 6.07 Å². The summed E-state index contributed by atoms with van der Waals surface area (Å²) < 4.78 is 8.53. The molecule has 5 heterocycles. The predicted octanol–water partition coefficient (Wildman–Crippen LogP) is 1.11. The summed E-state index contributed by atoms with van der Waals surface area (Å²) in [5.74, 6) is 0.228. The topological polar surface area (TPSA) is 128 Å². The average molecular weight is 450 g/mol. The first-order valence-electron chi connectivity index (χ1n) is 11.1. The van der Waals surface area contributed by atoms with Gasteiger partial charge in [-0.15, -0.1) is 5.10 Å². The fourth-order valence-corrected chi connectivity index (χ4v) is 4.45. The summed E-state index contributed by atoms with van der Waals surface area (Å²) in [4.78, 5) is 28.9. The number of carbonyl (C=O) groups is 1. The third kappa shape index (κ3) is 3.79. The van der Waals surface area contributed by atoms with Gasteiger partial charge in [-0.05, 0) is 44.1 Å². The molecule has 11 nitrogen and oxygen atoms in total. The highest BCUT2D eigenvalue weighted by Crippen LogP contribution is 2.30.